The van der Waals surface area contributed by atoms with Gasteiger partial charge in [-0.3, -0.25) is 0 Å². The zero-order chi connectivity index (χ0) is 26.4. The van der Waals surface area contributed by atoms with Crippen LogP contribution in [0.3, 0.4) is 0 Å². The van der Waals surface area contributed by atoms with Crippen molar-refractivity contribution in [3.63, 3.8) is 0 Å². The van der Waals surface area contributed by atoms with Crippen LogP contribution in [0.25, 0.3) is 11.1 Å². The molecule has 2 saturated heterocycles. The summed E-state index contributed by atoms with van der Waals surface area (Å²) >= 11 is 0. The van der Waals surface area contributed by atoms with Crippen LogP contribution in [0.15, 0.2) is 36.4 Å². The first-order valence-electron chi connectivity index (χ1n) is 12.0. The van der Waals surface area contributed by atoms with E-state index in [0.717, 1.165) is 12.1 Å². The first-order chi connectivity index (χ1) is 16.8. The van der Waals surface area contributed by atoms with Crippen molar-refractivity contribution < 1.29 is 31.1 Å². The molecule has 6 nitrogen and oxygen atoms in total. The second-order valence-electron chi connectivity index (χ2n) is 10.5. The Morgan fingerprint density at radius 1 is 1.11 bits per heavy atom. The second-order valence-corrected chi connectivity index (χ2v) is 12.6. The number of fused-ring (bicyclic) bond motifs is 2. The van der Waals surface area contributed by atoms with Gasteiger partial charge in [0.2, 0.25) is 10.0 Å². The molecule has 10 heteroatoms. The topological polar surface area (TPSA) is 75.7 Å². The lowest BCUT2D eigenvalue weighted by Crippen LogP contribution is -2.70. The number of benzene rings is 2. The molecule has 1 saturated carbocycles. The largest absolute Gasteiger partial charge is 0.444 e. The number of carbonyl (C=O) groups excluding carboxylic acids is 1. The fourth-order valence-electron chi connectivity index (χ4n) is 5.09. The maximum atomic E-state index is 15.7. The Morgan fingerprint density at radius 2 is 1.75 bits per heavy atom. The lowest BCUT2D eigenvalue weighted by Gasteiger charge is -2.57. The smallest absolute Gasteiger partial charge is 0.410 e. The van der Waals surface area contributed by atoms with Crippen LogP contribution in [0.5, 0.6) is 0 Å². The number of ether oxygens (including phenoxy) is 1. The molecule has 2 aromatic rings. The first kappa shape index (κ1) is 26.5. The molecule has 2 unspecified atom stereocenters. The van der Waals surface area contributed by atoms with Gasteiger partial charge in [-0.05, 0) is 76.1 Å². The first-order valence-corrected chi connectivity index (χ1v) is 13.7. The normalized spacial score (nSPS) is 23.8. The van der Waals surface area contributed by atoms with E-state index in [1.807, 2.05) is 0 Å². The molecule has 0 aromatic heterocycles. The Labute approximate surface area is 209 Å². The molecule has 36 heavy (non-hydrogen) atoms. The minimum absolute atomic E-state index is 0.000610. The van der Waals surface area contributed by atoms with E-state index in [1.54, 1.807) is 31.7 Å². The van der Waals surface area contributed by atoms with E-state index >= 15 is 4.39 Å². The van der Waals surface area contributed by atoms with E-state index in [4.69, 9.17) is 4.74 Å². The summed E-state index contributed by atoms with van der Waals surface area (Å²) in [7, 11) is -3.61. The summed E-state index contributed by atoms with van der Waals surface area (Å²) < 4.78 is 76.7. The highest BCUT2D eigenvalue weighted by Gasteiger charge is 2.54. The summed E-state index contributed by atoms with van der Waals surface area (Å²) in [6.45, 7) is 6.75. The molecular formula is C26H31F3N2O4S. The van der Waals surface area contributed by atoms with Gasteiger partial charge in [-0.1, -0.05) is 18.2 Å². The number of rotatable bonds is 6. The average molecular weight is 525 g/mol. The van der Waals surface area contributed by atoms with E-state index in [-0.39, 0.29) is 40.8 Å². The van der Waals surface area contributed by atoms with Gasteiger partial charge in [0.1, 0.15) is 23.1 Å². The number of halogens is 3. The van der Waals surface area contributed by atoms with Crippen molar-refractivity contribution in [1.29, 1.82) is 0 Å². The quantitative estimate of drug-likeness (QED) is 0.576. The molecule has 5 rings (SSSR count). The molecule has 1 amide bonds. The molecule has 3 fully saturated rings. The molecule has 1 aliphatic carbocycles. The highest BCUT2D eigenvalue weighted by Crippen LogP contribution is 2.45. The maximum Gasteiger partial charge on any atom is 0.410 e. The van der Waals surface area contributed by atoms with Crippen LogP contribution in [0, 0.1) is 23.4 Å². The van der Waals surface area contributed by atoms with Crippen molar-refractivity contribution in [2.24, 2.45) is 5.92 Å². The van der Waals surface area contributed by atoms with Gasteiger partial charge in [-0.2, -0.15) is 0 Å². The van der Waals surface area contributed by atoms with Gasteiger partial charge in [-0.25, -0.2) is 31.1 Å². The van der Waals surface area contributed by atoms with Crippen LogP contribution in [0.4, 0.5) is 18.0 Å². The highest BCUT2D eigenvalue weighted by molar-refractivity contribution is 7.89. The standard InChI is InChI=1S/C26H31F3N2O4S/c1-5-36(33,34)30-24-17-11-20(12-17)31(25(32)35-26(2,3)4)22(24)13-15-7-6-8-21(23(15)29)16-9-18(27)14-19(28)10-16/h6-10,14,17,20,22,24,30H,5,11-13H2,1-4H3. The van der Waals surface area contributed by atoms with Crippen LogP contribution in [0.2, 0.25) is 0 Å². The van der Waals surface area contributed by atoms with E-state index in [2.05, 4.69) is 4.72 Å². The van der Waals surface area contributed by atoms with Crippen LogP contribution in [-0.4, -0.2) is 48.9 Å². The molecule has 2 bridgehead atoms. The van der Waals surface area contributed by atoms with E-state index in [1.165, 1.54) is 19.1 Å². The van der Waals surface area contributed by atoms with Crippen molar-refractivity contribution >= 4 is 16.1 Å². The molecule has 3 aliphatic rings. The van der Waals surface area contributed by atoms with Gasteiger partial charge < -0.3 is 9.64 Å². The second kappa shape index (κ2) is 9.70. The van der Waals surface area contributed by atoms with Crippen molar-refractivity contribution in [2.45, 2.75) is 70.7 Å². The van der Waals surface area contributed by atoms with Gasteiger partial charge in [0.15, 0.2) is 0 Å². The zero-order valence-electron chi connectivity index (χ0n) is 20.7. The van der Waals surface area contributed by atoms with E-state index in [9.17, 15) is 22.0 Å². The predicted molar refractivity (Wildman–Crippen MR) is 130 cm³/mol. The number of nitrogens with zero attached hydrogens (tertiary/aromatic N) is 1. The van der Waals surface area contributed by atoms with Crippen LogP contribution < -0.4 is 4.72 Å². The Balaban J connectivity index is 1.73. The number of amides is 1. The van der Waals surface area contributed by atoms with Gasteiger partial charge >= 0.3 is 6.09 Å². The molecule has 196 valence electrons. The lowest BCUT2D eigenvalue weighted by atomic mass is 9.67. The monoisotopic (exact) mass is 524 g/mol. The molecule has 0 spiro atoms. The zero-order valence-corrected chi connectivity index (χ0v) is 21.5. The van der Waals surface area contributed by atoms with Crippen LogP contribution in [0.1, 0.15) is 46.1 Å². The fourth-order valence-corrected chi connectivity index (χ4v) is 6.02. The van der Waals surface area contributed by atoms with Gasteiger partial charge in [-0.15, -0.1) is 0 Å². The van der Waals surface area contributed by atoms with Crippen molar-refractivity contribution in [1.82, 2.24) is 9.62 Å². The summed E-state index contributed by atoms with van der Waals surface area (Å²) in [5, 5.41) is 0. The van der Waals surface area contributed by atoms with E-state index < -0.39 is 51.3 Å². The lowest BCUT2D eigenvalue weighted by molar-refractivity contribution is -0.0652. The molecule has 1 N–H and O–H groups in total. The van der Waals surface area contributed by atoms with Crippen molar-refractivity contribution in [3.8, 4) is 11.1 Å². The summed E-state index contributed by atoms with van der Waals surface area (Å²) in [6, 6.07) is 5.88. The summed E-state index contributed by atoms with van der Waals surface area (Å²) in [4.78, 5) is 14.8. The fraction of sp³-hybridized carbons (Fsp3) is 0.500. The van der Waals surface area contributed by atoms with Gasteiger partial charge in [0, 0.05) is 23.7 Å². The van der Waals surface area contributed by atoms with Crippen molar-refractivity contribution in [3.05, 3.63) is 59.4 Å². The minimum atomic E-state index is -3.61. The van der Waals surface area contributed by atoms with E-state index in [0.29, 0.717) is 18.9 Å². The number of hydrogen-bond acceptors (Lipinski definition) is 4. The molecule has 2 heterocycles. The Kier molecular flexibility index (Phi) is 7.13. The minimum Gasteiger partial charge on any atom is -0.444 e. The number of nitrogens with one attached hydrogen (secondary N) is 1. The SMILES string of the molecule is CCS(=O)(=O)NC1C2CC(C2)N(C(=O)OC(C)(C)C)C1Cc1cccc(-c2cc(F)cc(F)c2)c1F. The molecule has 2 atom stereocenters. The van der Waals surface area contributed by atoms with Crippen LogP contribution >= 0.6 is 0 Å². The summed E-state index contributed by atoms with van der Waals surface area (Å²) in [6.07, 6.45) is 0.663. The number of hydrogen-bond donors (Lipinski definition) is 1. The van der Waals surface area contributed by atoms with Gasteiger partial charge in [0.25, 0.3) is 0 Å². The summed E-state index contributed by atoms with van der Waals surface area (Å²) in [5.74, 6) is -2.46. The third-order valence-electron chi connectivity index (χ3n) is 6.80. The average Bonchev–Trinajstić information content (AvgIpc) is 2.72. The van der Waals surface area contributed by atoms with Gasteiger partial charge in [0.05, 0.1) is 11.8 Å². The molecule has 2 aliphatic heterocycles. The number of piperidine rings is 2. The predicted octanol–water partition coefficient (Wildman–Crippen LogP) is 5.02. The van der Waals surface area contributed by atoms with Crippen LogP contribution in [-0.2, 0) is 21.2 Å². The Morgan fingerprint density at radius 3 is 2.33 bits per heavy atom. The number of carbonyl (C=O) groups is 1. The van der Waals surface area contributed by atoms with Crippen molar-refractivity contribution in [2.75, 3.05) is 5.75 Å². The molecular weight excluding hydrogens is 493 g/mol. The third kappa shape index (κ3) is 5.54. The summed E-state index contributed by atoms with van der Waals surface area (Å²) in [5.41, 5.74) is -0.502. The Bertz CT molecular complexity index is 1240. The Hall–Kier alpha value is -2.59. The molecule has 2 aromatic carbocycles. The number of sulfonamides is 1. The maximum absolute atomic E-state index is 15.7. The third-order valence-corrected chi connectivity index (χ3v) is 8.20. The highest BCUT2D eigenvalue weighted by atomic mass is 32.2. The molecule has 0 radical (unpaired) electrons.